The van der Waals surface area contributed by atoms with Crippen molar-refractivity contribution in [3.05, 3.63) is 29.8 Å². The average Bonchev–Trinajstić information content (AvgIpc) is 2.48. The van der Waals surface area contributed by atoms with Crippen LogP contribution in [0.25, 0.3) is 0 Å². The number of ether oxygens (including phenoxy) is 1. The number of nitrogens with one attached hydrogen (secondary N) is 2. The lowest BCUT2D eigenvalue weighted by atomic mass is 10.1. The number of hydrogen-bond donors (Lipinski definition) is 2. The number of hydrogen-bond acceptors (Lipinski definition) is 4. The van der Waals surface area contributed by atoms with E-state index in [4.69, 9.17) is 0 Å². The van der Waals surface area contributed by atoms with Crippen LogP contribution in [0.3, 0.4) is 0 Å². The molecule has 23 heavy (non-hydrogen) atoms. The van der Waals surface area contributed by atoms with Crippen molar-refractivity contribution in [3.8, 4) is 5.75 Å². The van der Waals surface area contributed by atoms with Crippen molar-refractivity contribution < 1.29 is 22.7 Å². The first-order chi connectivity index (χ1) is 10.9. The van der Waals surface area contributed by atoms with Crippen LogP contribution in [0.1, 0.15) is 12.0 Å². The number of thioether (sulfide) groups is 1. The molecule has 0 spiro atoms. The summed E-state index contributed by atoms with van der Waals surface area (Å²) in [5, 5.41) is 6.01. The summed E-state index contributed by atoms with van der Waals surface area (Å²) in [5.41, 5.74) is 0.413. The summed E-state index contributed by atoms with van der Waals surface area (Å²) >= 11 is 1.81. The third-order valence-electron chi connectivity index (χ3n) is 3.35. The smallest absolute Gasteiger partial charge is 0.406 e. The van der Waals surface area contributed by atoms with Crippen LogP contribution in [-0.4, -0.2) is 42.9 Å². The number of carbonyl (C=O) groups is 1. The van der Waals surface area contributed by atoms with Crippen LogP contribution in [0, 0.1) is 0 Å². The third kappa shape index (κ3) is 6.70. The standard InChI is InChI=1S/C15H19F3N2O2S/c16-15(17,18)22-13-4-2-1-3-11(13)5-6-20-14(21)9-12-10-23-8-7-19-12/h1-4,12,19H,5-10H2,(H,20,21). The van der Waals surface area contributed by atoms with Gasteiger partial charge in [0.2, 0.25) is 5.91 Å². The van der Waals surface area contributed by atoms with Gasteiger partial charge >= 0.3 is 6.36 Å². The minimum Gasteiger partial charge on any atom is -0.406 e. The highest BCUT2D eigenvalue weighted by Gasteiger charge is 2.31. The minimum atomic E-state index is -4.72. The third-order valence-corrected chi connectivity index (χ3v) is 4.48. The normalized spacial score (nSPS) is 18.5. The highest BCUT2D eigenvalue weighted by molar-refractivity contribution is 7.99. The molecule has 1 aromatic carbocycles. The lowest BCUT2D eigenvalue weighted by Gasteiger charge is -2.22. The maximum Gasteiger partial charge on any atom is 0.573 e. The molecule has 1 aliphatic heterocycles. The van der Waals surface area contributed by atoms with E-state index in [-0.39, 0.29) is 30.7 Å². The minimum absolute atomic E-state index is 0.0979. The van der Waals surface area contributed by atoms with Crippen molar-refractivity contribution in [2.24, 2.45) is 0 Å². The van der Waals surface area contributed by atoms with Gasteiger partial charge in [0.1, 0.15) is 5.75 Å². The summed E-state index contributed by atoms with van der Waals surface area (Å²) in [6.07, 6.45) is -4.05. The monoisotopic (exact) mass is 348 g/mol. The Kier molecular flexibility index (Phi) is 6.59. The fourth-order valence-electron chi connectivity index (χ4n) is 2.32. The fraction of sp³-hybridized carbons (Fsp3) is 0.533. The van der Waals surface area contributed by atoms with Gasteiger partial charge in [-0.2, -0.15) is 11.8 Å². The van der Waals surface area contributed by atoms with E-state index >= 15 is 0 Å². The second kappa shape index (κ2) is 8.44. The number of amides is 1. The first-order valence-electron chi connectivity index (χ1n) is 7.35. The molecule has 0 bridgehead atoms. The molecule has 1 atom stereocenters. The molecule has 1 aromatic rings. The van der Waals surface area contributed by atoms with Gasteiger partial charge in [-0.1, -0.05) is 18.2 Å². The van der Waals surface area contributed by atoms with Crippen molar-refractivity contribution >= 4 is 17.7 Å². The molecule has 2 rings (SSSR count). The number of para-hydroxylation sites is 1. The molecule has 1 unspecified atom stereocenters. The highest BCUT2D eigenvalue weighted by atomic mass is 32.2. The number of alkyl halides is 3. The highest BCUT2D eigenvalue weighted by Crippen LogP contribution is 2.26. The molecule has 8 heteroatoms. The number of carbonyl (C=O) groups excluding carboxylic acids is 1. The quantitative estimate of drug-likeness (QED) is 0.829. The van der Waals surface area contributed by atoms with Crippen LogP contribution in [0.2, 0.25) is 0 Å². The lowest BCUT2D eigenvalue weighted by molar-refractivity contribution is -0.274. The summed E-state index contributed by atoms with van der Waals surface area (Å²) in [4.78, 5) is 11.8. The maximum absolute atomic E-state index is 12.3. The molecule has 0 radical (unpaired) electrons. The van der Waals surface area contributed by atoms with Gasteiger partial charge in [0, 0.05) is 37.1 Å². The van der Waals surface area contributed by atoms with E-state index in [0.717, 1.165) is 18.1 Å². The molecule has 4 nitrogen and oxygen atoms in total. The van der Waals surface area contributed by atoms with Gasteiger partial charge < -0.3 is 15.4 Å². The average molecular weight is 348 g/mol. The van der Waals surface area contributed by atoms with Crippen LogP contribution < -0.4 is 15.4 Å². The Bertz CT molecular complexity index is 520. The summed E-state index contributed by atoms with van der Waals surface area (Å²) < 4.78 is 41.0. The van der Waals surface area contributed by atoms with Gasteiger partial charge in [-0.05, 0) is 18.1 Å². The van der Waals surface area contributed by atoms with Gasteiger partial charge in [-0.25, -0.2) is 0 Å². The van der Waals surface area contributed by atoms with Gasteiger partial charge in [-0.15, -0.1) is 13.2 Å². The Morgan fingerprint density at radius 1 is 1.39 bits per heavy atom. The largest absolute Gasteiger partial charge is 0.573 e. The Morgan fingerprint density at radius 2 is 2.17 bits per heavy atom. The Morgan fingerprint density at radius 3 is 2.87 bits per heavy atom. The van der Waals surface area contributed by atoms with Crippen LogP contribution in [0.4, 0.5) is 13.2 Å². The zero-order valence-electron chi connectivity index (χ0n) is 12.5. The predicted molar refractivity (Wildman–Crippen MR) is 83.6 cm³/mol. The molecule has 1 amide bonds. The van der Waals surface area contributed by atoms with E-state index in [2.05, 4.69) is 15.4 Å². The summed E-state index contributed by atoms with van der Waals surface area (Å²) in [5.74, 6) is 1.63. The van der Waals surface area contributed by atoms with E-state index in [9.17, 15) is 18.0 Å². The number of rotatable bonds is 6. The van der Waals surface area contributed by atoms with E-state index in [1.54, 1.807) is 12.1 Å². The van der Waals surface area contributed by atoms with Gasteiger partial charge in [0.15, 0.2) is 0 Å². The molecule has 1 heterocycles. The van der Waals surface area contributed by atoms with Crippen LogP contribution in [0.5, 0.6) is 5.75 Å². The Hall–Kier alpha value is -1.41. The lowest BCUT2D eigenvalue weighted by Crippen LogP contribution is -2.41. The molecule has 0 aliphatic carbocycles. The first-order valence-corrected chi connectivity index (χ1v) is 8.51. The van der Waals surface area contributed by atoms with Crippen molar-refractivity contribution in [1.29, 1.82) is 0 Å². The Balaban J connectivity index is 1.78. The van der Waals surface area contributed by atoms with E-state index in [1.807, 2.05) is 11.8 Å². The summed E-state index contributed by atoms with van der Waals surface area (Å²) in [6.45, 7) is 1.17. The van der Waals surface area contributed by atoms with Crippen molar-refractivity contribution in [2.45, 2.75) is 25.2 Å². The molecular weight excluding hydrogens is 329 g/mol. The van der Waals surface area contributed by atoms with Gasteiger partial charge in [0.25, 0.3) is 0 Å². The van der Waals surface area contributed by atoms with Crippen molar-refractivity contribution in [1.82, 2.24) is 10.6 Å². The fourth-order valence-corrected chi connectivity index (χ4v) is 3.27. The van der Waals surface area contributed by atoms with Crippen LogP contribution >= 0.6 is 11.8 Å². The maximum atomic E-state index is 12.3. The zero-order chi connectivity index (χ0) is 16.7. The molecule has 1 saturated heterocycles. The molecule has 1 aliphatic rings. The zero-order valence-corrected chi connectivity index (χ0v) is 13.3. The van der Waals surface area contributed by atoms with E-state index < -0.39 is 6.36 Å². The molecule has 0 aromatic heterocycles. The second-order valence-corrected chi connectivity index (χ2v) is 6.34. The SMILES string of the molecule is O=C(CC1CSCCN1)NCCc1ccccc1OC(F)(F)F. The summed E-state index contributed by atoms with van der Waals surface area (Å²) in [7, 11) is 0. The van der Waals surface area contributed by atoms with Crippen molar-refractivity contribution in [3.63, 3.8) is 0 Å². The molecule has 2 N–H and O–H groups in total. The molecular formula is C15H19F3N2O2S. The number of halogens is 3. The molecule has 128 valence electrons. The molecule has 1 fully saturated rings. The summed E-state index contributed by atoms with van der Waals surface area (Å²) in [6, 6.07) is 6.12. The van der Waals surface area contributed by atoms with E-state index in [0.29, 0.717) is 12.0 Å². The van der Waals surface area contributed by atoms with Crippen LogP contribution in [0.15, 0.2) is 24.3 Å². The topological polar surface area (TPSA) is 50.4 Å². The number of benzene rings is 1. The molecule has 0 saturated carbocycles. The van der Waals surface area contributed by atoms with Crippen LogP contribution in [-0.2, 0) is 11.2 Å². The van der Waals surface area contributed by atoms with Crippen molar-refractivity contribution in [2.75, 3.05) is 24.6 Å². The van der Waals surface area contributed by atoms with Gasteiger partial charge in [0.05, 0.1) is 0 Å². The van der Waals surface area contributed by atoms with E-state index in [1.165, 1.54) is 12.1 Å². The second-order valence-electron chi connectivity index (χ2n) is 5.19. The Labute approximate surface area is 137 Å². The van der Waals surface area contributed by atoms with Gasteiger partial charge in [-0.3, -0.25) is 4.79 Å². The predicted octanol–water partition coefficient (Wildman–Crippen LogP) is 2.34. The first kappa shape index (κ1) is 17.9.